The molecule has 1 aliphatic heterocycles. The minimum Gasteiger partial charge on any atom is -0.350 e. The van der Waals surface area contributed by atoms with Gasteiger partial charge in [0.05, 0.1) is 6.04 Å². The summed E-state index contributed by atoms with van der Waals surface area (Å²) in [5.74, 6) is 1.07. The molecule has 0 amide bonds. The Balaban J connectivity index is 2.25. The van der Waals surface area contributed by atoms with Gasteiger partial charge in [-0.1, -0.05) is 0 Å². The predicted octanol–water partition coefficient (Wildman–Crippen LogP) is 1.23. The second-order valence-electron chi connectivity index (χ2n) is 4.64. The molecule has 0 radical (unpaired) electrons. The molecule has 1 fully saturated rings. The van der Waals surface area contributed by atoms with Crippen molar-refractivity contribution in [3.8, 4) is 0 Å². The van der Waals surface area contributed by atoms with Crippen molar-refractivity contribution in [3.63, 3.8) is 0 Å². The number of anilines is 1. The number of aryl methyl sites for hydroxylation is 1. The van der Waals surface area contributed by atoms with Crippen LogP contribution in [0.3, 0.4) is 0 Å². The number of likely N-dealkylation sites (N-methyl/N-ethyl adjacent to an activating group) is 1. The smallest absolute Gasteiger partial charge is 0.131 e. The SMILES string of the molecule is Cc1cc(Br)cnc1N1CCN(C)CC1CN. The summed E-state index contributed by atoms with van der Waals surface area (Å²) < 4.78 is 1.03. The van der Waals surface area contributed by atoms with E-state index in [0.717, 1.165) is 29.9 Å². The highest BCUT2D eigenvalue weighted by Gasteiger charge is 2.25. The van der Waals surface area contributed by atoms with Gasteiger partial charge in [-0.15, -0.1) is 0 Å². The van der Waals surface area contributed by atoms with E-state index in [0.29, 0.717) is 12.6 Å². The molecule has 0 spiro atoms. The fourth-order valence-electron chi connectivity index (χ4n) is 2.33. The Morgan fingerprint density at radius 3 is 2.94 bits per heavy atom. The molecule has 2 rings (SSSR count). The molecule has 17 heavy (non-hydrogen) atoms. The summed E-state index contributed by atoms with van der Waals surface area (Å²) in [5, 5.41) is 0. The molecule has 2 N–H and O–H groups in total. The maximum atomic E-state index is 5.87. The molecule has 1 atom stereocenters. The van der Waals surface area contributed by atoms with Gasteiger partial charge >= 0.3 is 0 Å². The van der Waals surface area contributed by atoms with Crippen molar-refractivity contribution in [2.75, 3.05) is 38.1 Å². The highest BCUT2D eigenvalue weighted by atomic mass is 79.9. The van der Waals surface area contributed by atoms with Gasteiger partial charge in [0.15, 0.2) is 0 Å². The molecule has 4 nitrogen and oxygen atoms in total. The molecule has 5 heteroatoms. The van der Waals surface area contributed by atoms with Crippen LogP contribution in [-0.2, 0) is 0 Å². The van der Waals surface area contributed by atoms with Crippen molar-refractivity contribution < 1.29 is 0 Å². The Kier molecular flexibility index (Phi) is 4.01. The largest absolute Gasteiger partial charge is 0.350 e. The van der Waals surface area contributed by atoms with Crippen LogP contribution in [-0.4, -0.2) is 49.2 Å². The summed E-state index contributed by atoms with van der Waals surface area (Å²) in [6.07, 6.45) is 1.86. The van der Waals surface area contributed by atoms with Gasteiger partial charge < -0.3 is 15.5 Å². The monoisotopic (exact) mass is 298 g/mol. The van der Waals surface area contributed by atoms with Gasteiger partial charge in [0, 0.05) is 36.8 Å². The number of pyridine rings is 1. The Bertz CT molecular complexity index is 396. The third kappa shape index (κ3) is 2.78. The summed E-state index contributed by atoms with van der Waals surface area (Å²) in [5.41, 5.74) is 7.06. The predicted molar refractivity (Wildman–Crippen MR) is 74.4 cm³/mol. The van der Waals surface area contributed by atoms with E-state index in [-0.39, 0.29) is 0 Å². The van der Waals surface area contributed by atoms with E-state index in [1.54, 1.807) is 0 Å². The quantitative estimate of drug-likeness (QED) is 0.892. The van der Waals surface area contributed by atoms with Crippen LogP contribution in [0.25, 0.3) is 0 Å². The minimum absolute atomic E-state index is 0.362. The van der Waals surface area contributed by atoms with E-state index in [1.165, 1.54) is 5.56 Å². The van der Waals surface area contributed by atoms with Crippen molar-refractivity contribution in [1.82, 2.24) is 9.88 Å². The number of nitrogens with zero attached hydrogens (tertiary/aromatic N) is 3. The molecule has 0 bridgehead atoms. The van der Waals surface area contributed by atoms with Gasteiger partial charge in [-0.25, -0.2) is 4.98 Å². The Morgan fingerprint density at radius 1 is 1.53 bits per heavy atom. The lowest BCUT2D eigenvalue weighted by Gasteiger charge is -2.40. The van der Waals surface area contributed by atoms with Crippen LogP contribution < -0.4 is 10.6 Å². The number of nitrogens with two attached hydrogens (primary N) is 1. The number of rotatable bonds is 2. The van der Waals surface area contributed by atoms with Gasteiger partial charge in [0.2, 0.25) is 0 Å². The average Bonchev–Trinajstić information content (AvgIpc) is 2.30. The molecule has 1 saturated heterocycles. The molecule has 1 aromatic rings. The van der Waals surface area contributed by atoms with Gasteiger partial charge in [-0.2, -0.15) is 0 Å². The van der Waals surface area contributed by atoms with Crippen LogP contribution in [0.2, 0.25) is 0 Å². The zero-order valence-electron chi connectivity index (χ0n) is 10.4. The second-order valence-corrected chi connectivity index (χ2v) is 5.55. The van der Waals surface area contributed by atoms with Crippen LogP contribution in [0.15, 0.2) is 16.7 Å². The molecule has 2 heterocycles. The van der Waals surface area contributed by atoms with E-state index < -0.39 is 0 Å². The summed E-state index contributed by atoms with van der Waals surface area (Å²) in [6.45, 7) is 5.83. The van der Waals surface area contributed by atoms with Crippen molar-refractivity contribution in [1.29, 1.82) is 0 Å². The van der Waals surface area contributed by atoms with Crippen molar-refractivity contribution in [2.24, 2.45) is 5.73 Å². The summed E-state index contributed by atoms with van der Waals surface area (Å²) in [6, 6.07) is 2.47. The van der Waals surface area contributed by atoms with Crippen LogP contribution in [0.1, 0.15) is 5.56 Å². The molecular formula is C12H19BrN4. The van der Waals surface area contributed by atoms with Crippen molar-refractivity contribution in [2.45, 2.75) is 13.0 Å². The highest BCUT2D eigenvalue weighted by Crippen LogP contribution is 2.23. The topological polar surface area (TPSA) is 45.4 Å². The van der Waals surface area contributed by atoms with Crippen LogP contribution in [0.4, 0.5) is 5.82 Å². The first-order valence-corrected chi connectivity index (χ1v) is 6.68. The van der Waals surface area contributed by atoms with Gasteiger partial charge in [0.1, 0.15) is 5.82 Å². The fourth-order valence-corrected chi connectivity index (χ4v) is 2.77. The van der Waals surface area contributed by atoms with Crippen LogP contribution in [0, 0.1) is 6.92 Å². The average molecular weight is 299 g/mol. The molecule has 1 aliphatic rings. The zero-order chi connectivity index (χ0) is 12.4. The Labute approximate surface area is 111 Å². The standard InChI is InChI=1S/C12H19BrN4/c1-9-5-10(13)7-15-12(9)17-4-3-16(2)8-11(17)6-14/h5,7,11H,3-4,6,8,14H2,1-2H3. The summed E-state index contributed by atoms with van der Waals surface area (Å²) in [7, 11) is 2.14. The molecule has 0 aromatic carbocycles. The fraction of sp³-hybridized carbons (Fsp3) is 0.583. The number of hydrogen-bond acceptors (Lipinski definition) is 4. The normalized spacial score (nSPS) is 21.9. The first-order chi connectivity index (χ1) is 8.11. The molecule has 94 valence electrons. The number of hydrogen-bond donors (Lipinski definition) is 1. The third-order valence-electron chi connectivity index (χ3n) is 3.25. The highest BCUT2D eigenvalue weighted by molar-refractivity contribution is 9.10. The Morgan fingerprint density at radius 2 is 2.29 bits per heavy atom. The summed E-state index contributed by atoms with van der Waals surface area (Å²) in [4.78, 5) is 9.19. The van der Waals surface area contributed by atoms with Crippen LogP contribution in [0.5, 0.6) is 0 Å². The molecular weight excluding hydrogens is 280 g/mol. The number of halogens is 1. The maximum Gasteiger partial charge on any atom is 0.131 e. The Hall–Kier alpha value is -0.650. The van der Waals surface area contributed by atoms with E-state index in [1.807, 2.05) is 6.20 Å². The van der Waals surface area contributed by atoms with E-state index in [9.17, 15) is 0 Å². The lowest BCUT2D eigenvalue weighted by Crippen LogP contribution is -2.55. The van der Waals surface area contributed by atoms with Crippen molar-refractivity contribution >= 4 is 21.7 Å². The molecule has 1 unspecified atom stereocenters. The molecule has 0 saturated carbocycles. The lowest BCUT2D eigenvalue weighted by molar-refractivity contribution is 0.268. The van der Waals surface area contributed by atoms with Gasteiger partial charge in [0.25, 0.3) is 0 Å². The molecule has 1 aromatic heterocycles. The maximum absolute atomic E-state index is 5.87. The minimum atomic E-state index is 0.362. The van der Waals surface area contributed by atoms with Crippen LogP contribution >= 0.6 is 15.9 Å². The third-order valence-corrected chi connectivity index (χ3v) is 3.68. The first kappa shape index (κ1) is 12.8. The number of aromatic nitrogens is 1. The first-order valence-electron chi connectivity index (χ1n) is 5.89. The second kappa shape index (κ2) is 5.33. The summed E-state index contributed by atoms with van der Waals surface area (Å²) >= 11 is 3.45. The van der Waals surface area contributed by atoms with Crippen molar-refractivity contribution in [3.05, 3.63) is 22.3 Å². The van der Waals surface area contributed by atoms with E-state index in [4.69, 9.17) is 5.73 Å². The molecule has 0 aliphatic carbocycles. The van der Waals surface area contributed by atoms with Gasteiger partial charge in [-0.3, -0.25) is 0 Å². The van der Waals surface area contributed by atoms with E-state index >= 15 is 0 Å². The number of piperazine rings is 1. The van der Waals surface area contributed by atoms with Gasteiger partial charge in [-0.05, 0) is 41.5 Å². The van der Waals surface area contributed by atoms with E-state index in [2.05, 4.69) is 50.8 Å². The zero-order valence-corrected chi connectivity index (χ0v) is 11.9. The lowest BCUT2D eigenvalue weighted by atomic mass is 10.1.